The predicted octanol–water partition coefficient (Wildman–Crippen LogP) is 1.68. The normalized spacial score (nSPS) is 22.4. The van der Waals surface area contributed by atoms with Gasteiger partial charge in [0.1, 0.15) is 6.54 Å². The minimum Gasteiger partial charge on any atom is -0.364 e. The maximum Gasteiger partial charge on any atom is 0.275 e. The Balaban J connectivity index is 1.67. The van der Waals surface area contributed by atoms with E-state index >= 15 is 0 Å². The summed E-state index contributed by atoms with van der Waals surface area (Å²) in [4.78, 5) is 39.5. The fourth-order valence-electron chi connectivity index (χ4n) is 4.68. The Labute approximate surface area is 157 Å². The highest BCUT2D eigenvalue weighted by Gasteiger charge is 2.35. The van der Waals surface area contributed by atoms with E-state index in [0.717, 1.165) is 30.5 Å². The van der Waals surface area contributed by atoms with Crippen LogP contribution < -0.4 is 11.3 Å². The molecule has 1 aromatic carbocycles. The predicted molar refractivity (Wildman–Crippen MR) is 101 cm³/mol. The first-order valence-corrected chi connectivity index (χ1v) is 9.65. The third-order valence-electron chi connectivity index (χ3n) is 5.95. The number of nitrogens with zero attached hydrogens (tertiary/aromatic N) is 3. The van der Waals surface area contributed by atoms with E-state index in [1.54, 1.807) is 24.3 Å². The Bertz CT molecular complexity index is 950. The van der Waals surface area contributed by atoms with Gasteiger partial charge in [0.05, 0.1) is 5.39 Å². The number of carbonyl (C=O) groups excluding carboxylic acids is 2. The molecule has 2 N–H and O–H groups in total. The highest BCUT2D eigenvalue weighted by molar-refractivity contribution is 6.04. The highest BCUT2D eigenvalue weighted by atomic mass is 16.2. The van der Waals surface area contributed by atoms with Crippen LogP contribution in [0.5, 0.6) is 0 Å². The van der Waals surface area contributed by atoms with Crippen LogP contribution in [-0.4, -0.2) is 39.1 Å². The van der Waals surface area contributed by atoms with Gasteiger partial charge in [-0.05, 0) is 37.7 Å². The number of hydrogen-bond donors (Lipinski definition) is 1. The quantitative estimate of drug-likeness (QED) is 0.891. The number of rotatable bonds is 3. The largest absolute Gasteiger partial charge is 0.364 e. The number of aromatic nitrogens is 2. The fraction of sp³-hybridized carbons (Fsp3) is 0.500. The van der Waals surface area contributed by atoms with E-state index in [1.165, 1.54) is 19.3 Å². The third kappa shape index (κ3) is 3.22. The zero-order valence-corrected chi connectivity index (χ0v) is 15.3. The van der Waals surface area contributed by atoms with E-state index in [0.29, 0.717) is 16.7 Å². The summed E-state index contributed by atoms with van der Waals surface area (Å²) in [7, 11) is 0. The molecule has 2 atom stereocenters. The molecule has 2 amide bonds. The van der Waals surface area contributed by atoms with Crippen molar-refractivity contribution in [1.29, 1.82) is 0 Å². The molecule has 0 radical (unpaired) electrons. The average Bonchev–Trinajstić information content (AvgIpc) is 2.69. The van der Waals surface area contributed by atoms with E-state index in [9.17, 15) is 14.4 Å². The zero-order valence-electron chi connectivity index (χ0n) is 15.3. The lowest BCUT2D eigenvalue weighted by Crippen LogP contribution is -2.51. The molecule has 7 heteroatoms. The summed E-state index contributed by atoms with van der Waals surface area (Å²) >= 11 is 0. The van der Waals surface area contributed by atoms with Crippen LogP contribution in [0.3, 0.4) is 0 Å². The molecule has 4 rings (SSSR count). The molecule has 1 aromatic heterocycles. The summed E-state index contributed by atoms with van der Waals surface area (Å²) in [5.41, 5.74) is 5.09. The van der Waals surface area contributed by atoms with Gasteiger partial charge in [-0.2, -0.15) is 5.10 Å². The van der Waals surface area contributed by atoms with Crippen LogP contribution in [0.15, 0.2) is 29.1 Å². The molecule has 1 saturated carbocycles. The lowest BCUT2D eigenvalue weighted by Gasteiger charge is -2.44. The van der Waals surface area contributed by atoms with E-state index in [2.05, 4.69) is 5.10 Å². The van der Waals surface area contributed by atoms with E-state index in [1.807, 2.05) is 4.90 Å². The molecule has 1 aliphatic carbocycles. The fourth-order valence-corrected chi connectivity index (χ4v) is 4.68. The number of carbonyl (C=O) groups is 2. The molecule has 2 heterocycles. The van der Waals surface area contributed by atoms with Crippen LogP contribution in [0.25, 0.3) is 10.8 Å². The third-order valence-corrected chi connectivity index (χ3v) is 5.95. The van der Waals surface area contributed by atoms with Gasteiger partial charge in [0.2, 0.25) is 5.91 Å². The second-order valence-corrected chi connectivity index (χ2v) is 7.56. The first kappa shape index (κ1) is 17.7. The number of piperidine rings is 1. The summed E-state index contributed by atoms with van der Waals surface area (Å²) in [6.45, 7) is 0.568. The van der Waals surface area contributed by atoms with Crippen LogP contribution in [0.4, 0.5) is 0 Å². The van der Waals surface area contributed by atoms with Crippen LogP contribution in [0, 0.1) is 5.92 Å². The summed E-state index contributed by atoms with van der Waals surface area (Å²) in [5, 5.41) is 4.89. The van der Waals surface area contributed by atoms with Gasteiger partial charge in [0.15, 0.2) is 5.69 Å². The first-order chi connectivity index (χ1) is 13.1. The van der Waals surface area contributed by atoms with Crippen molar-refractivity contribution in [2.24, 2.45) is 11.7 Å². The summed E-state index contributed by atoms with van der Waals surface area (Å²) < 4.78 is 1.09. The van der Waals surface area contributed by atoms with Crippen molar-refractivity contribution < 1.29 is 9.59 Å². The first-order valence-electron chi connectivity index (χ1n) is 9.65. The maximum atomic E-state index is 13.0. The second kappa shape index (κ2) is 7.13. The van der Waals surface area contributed by atoms with Gasteiger partial charge < -0.3 is 10.6 Å². The van der Waals surface area contributed by atoms with Gasteiger partial charge in [0, 0.05) is 18.0 Å². The van der Waals surface area contributed by atoms with Crippen molar-refractivity contribution in [2.45, 2.75) is 51.1 Å². The Morgan fingerprint density at radius 1 is 1.07 bits per heavy atom. The van der Waals surface area contributed by atoms with Crippen molar-refractivity contribution in [1.82, 2.24) is 14.7 Å². The smallest absolute Gasteiger partial charge is 0.275 e. The van der Waals surface area contributed by atoms with Gasteiger partial charge >= 0.3 is 0 Å². The van der Waals surface area contributed by atoms with Gasteiger partial charge in [-0.1, -0.05) is 31.0 Å². The molecule has 2 aromatic rings. The number of fused-ring (bicyclic) bond motifs is 2. The van der Waals surface area contributed by atoms with Gasteiger partial charge in [-0.3, -0.25) is 14.4 Å². The van der Waals surface area contributed by atoms with Crippen molar-refractivity contribution >= 4 is 22.6 Å². The van der Waals surface area contributed by atoms with E-state index in [-0.39, 0.29) is 29.7 Å². The molecule has 0 unspecified atom stereocenters. The topological polar surface area (TPSA) is 98.3 Å². The number of amides is 2. The Hall–Kier alpha value is -2.70. The molecule has 2 aliphatic rings. The van der Waals surface area contributed by atoms with Gasteiger partial charge in [0.25, 0.3) is 11.5 Å². The van der Waals surface area contributed by atoms with E-state index in [4.69, 9.17) is 5.73 Å². The zero-order chi connectivity index (χ0) is 19.0. The second-order valence-electron chi connectivity index (χ2n) is 7.56. The molecule has 142 valence electrons. The van der Waals surface area contributed by atoms with Gasteiger partial charge in [-0.15, -0.1) is 0 Å². The van der Waals surface area contributed by atoms with Crippen LogP contribution in [0.1, 0.15) is 49.0 Å². The molecular formula is C20H24N4O3. The lowest BCUT2D eigenvalue weighted by molar-refractivity contribution is -0.138. The number of nitrogens with two attached hydrogens (primary N) is 1. The standard InChI is InChI=1S/C20H24N4O3/c21-19(26)18-14-8-2-3-9-15(14)20(27)24(22-18)12-17(25)23-11-5-7-13-6-1-4-10-16(13)23/h2-3,8-9,13,16H,1,4-7,10-12H2,(H2,21,26)/t13-,16-/m0/s1. The maximum absolute atomic E-state index is 13.0. The molecule has 0 spiro atoms. The molecule has 1 saturated heterocycles. The number of likely N-dealkylation sites (tertiary alicyclic amines) is 1. The summed E-state index contributed by atoms with van der Waals surface area (Å²) in [6.07, 6.45) is 6.76. The van der Waals surface area contributed by atoms with Crippen LogP contribution >= 0.6 is 0 Å². The van der Waals surface area contributed by atoms with Crippen LogP contribution in [-0.2, 0) is 11.3 Å². The van der Waals surface area contributed by atoms with Crippen LogP contribution in [0.2, 0.25) is 0 Å². The number of hydrogen-bond acceptors (Lipinski definition) is 4. The monoisotopic (exact) mass is 368 g/mol. The van der Waals surface area contributed by atoms with Gasteiger partial charge in [-0.25, -0.2) is 4.68 Å². The van der Waals surface area contributed by atoms with Crippen molar-refractivity contribution in [2.75, 3.05) is 6.54 Å². The van der Waals surface area contributed by atoms with Crippen molar-refractivity contribution in [3.63, 3.8) is 0 Å². The average molecular weight is 368 g/mol. The summed E-state index contributed by atoms with van der Waals surface area (Å²) in [5.74, 6) is -0.247. The number of primary amides is 1. The Morgan fingerprint density at radius 3 is 2.56 bits per heavy atom. The molecule has 7 nitrogen and oxygen atoms in total. The van der Waals surface area contributed by atoms with Crippen molar-refractivity contribution in [3.8, 4) is 0 Å². The Morgan fingerprint density at radius 2 is 1.78 bits per heavy atom. The molecule has 1 aliphatic heterocycles. The molecule has 27 heavy (non-hydrogen) atoms. The van der Waals surface area contributed by atoms with Crippen molar-refractivity contribution in [3.05, 3.63) is 40.3 Å². The Kier molecular flexibility index (Phi) is 4.68. The molecule has 0 bridgehead atoms. The minimum absolute atomic E-state index is 0.0205. The SMILES string of the molecule is NC(=O)c1nn(CC(=O)N2CCC[C@@H]3CCCC[C@@H]32)c(=O)c2ccccc12. The molecular weight excluding hydrogens is 344 g/mol. The number of benzene rings is 1. The lowest BCUT2D eigenvalue weighted by atomic mass is 9.78. The highest BCUT2D eigenvalue weighted by Crippen LogP contribution is 2.35. The molecule has 2 fully saturated rings. The van der Waals surface area contributed by atoms with E-state index < -0.39 is 5.91 Å². The minimum atomic E-state index is -0.710. The summed E-state index contributed by atoms with van der Waals surface area (Å²) in [6, 6.07) is 6.99.